The molecule has 2 nitrogen and oxygen atoms in total. The van der Waals surface area contributed by atoms with Gasteiger partial charge in [-0.1, -0.05) is 32.9 Å². The van der Waals surface area contributed by atoms with Crippen LogP contribution in [-0.2, 0) is 10.3 Å². The highest BCUT2D eigenvalue weighted by Gasteiger charge is 2.46. The fourth-order valence-electron chi connectivity index (χ4n) is 3.39. The van der Waals surface area contributed by atoms with E-state index in [1.165, 1.54) is 21.6 Å². The summed E-state index contributed by atoms with van der Waals surface area (Å²) in [6, 6.07) is 4.38. The molecule has 1 fully saturated rings. The number of amides is 1. The zero-order valence-electron chi connectivity index (χ0n) is 13.7. The van der Waals surface area contributed by atoms with E-state index in [2.05, 4.69) is 39.8 Å². The van der Waals surface area contributed by atoms with Gasteiger partial charge < -0.3 is 4.90 Å². The lowest BCUT2D eigenvalue weighted by molar-refractivity contribution is -0.120. The molecule has 1 aliphatic carbocycles. The first-order valence-corrected chi connectivity index (χ1v) is 10.5. The van der Waals surface area contributed by atoms with Gasteiger partial charge in [0.1, 0.15) is 3.82 Å². The Morgan fingerprint density at radius 3 is 2.52 bits per heavy atom. The van der Waals surface area contributed by atoms with Crippen molar-refractivity contribution in [3.05, 3.63) is 32.0 Å². The fourth-order valence-corrected chi connectivity index (χ4v) is 6.67. The highest BCUT2D eigenvalue weighted by atomic mass is 32.9. The van der Waals surface area contributed by atoms with Crippen molar-refractivity contribution in [2.75, 3.05) is 4.90 Å². The lowest BCUT2D eigenvalue weighted by Gasteiger charge is -2.43. The van der Waals surface area contributed by atoms with Gasteiger partial charge >= 0.3 is 0 Å². The average molecular weight is 362 g/mol. The van der Waals surface area contributed by atoms with Crippen LogP contribution in [0.5, 0.6) is 0 Å². The van der Waals surface area contributed by atoms with Gasteiger partial charge in [0.25, 0.3) is 0 Å². The maximum absolute atomic E-state index is 13.1. The largest absolute Gasteiger partial charge is 0.301 e. The standard InChI is InChI=1S/C18H19NOS3/c1-9-7-12-13(8-10(9)2)19(16(20)11-5-6-11)18(3,4)15-14(12)17(21)23-22-15/h7-8,11H,5-6H2,1-4H3. The topological polar surface area (TPSA) is 20.3 Å². The summed E-state index contributed by atoms with van der Waals surface area (Å²) in [7, 11) is 3.38. The predicted molar refractivity (Wildman–Crippen MR) is 101 cm³/mol. The molecular formula is C18H19NOS3. The van der Waals surface area contributed by atoms with Crippen molar-refractivity contribution >= 4 is 44.5 Å². The van der Waals surface area contributed by atoms with E-state index in [0.717, 1.165) is 27.9 Å². The molecular weight excluding hydrogens is 342 g/mol. The molecule has 23 heavy (non-hydrogen) atoms. The van der Waals surface area contributed by atoms with Crippen LogP contribution in [0.4, 0.5) is 5.69 Å². The second-order valence-corrected chi connectivity index (χ2v) is 9.94. The molecule has 0 unspecified atom stereocenters. The number of nitrogens with zero attached hydrogens (tertiary/aromatic N) is 1. The van der Waals surface area contributed by atoms with Crippen molar-refractivity contribution in [2.45, 2.75) is 46.1 Å². The van der Waals surface area contributed by atoms with Gasteiger partial charge in [-0.15, -0.1) is 0 Å². The zero-order valence-corrected chi connectivity index (χ0v) is 16.2. The summed E-state index contributed by atoms with van der Waals surface area (Å²) in [6.07, 6.45) is 2.05. The summed E-state index contributed by atoms with van der Waals surface area (Å²) in [5.41, 5.74) is 5.50. The van der Waals surface area contributed by atoms with Crippen molar-refractivity contribution in [2.24, 2.45) is 5.92 Å². The summed E-state index contributed by atoms with van der Waals surface area (Å²) >= 11 is 5.62. The summed E-state index contributed by atoms with van der Waals surface area (Å²) < 4.78 is 0.945. The molecule has 1 aliphatic heterocycles. The average Bonchev–Trinajstić information content (AvgIpc) is 3.24. The Morgan fingerprint density at radius 1 is 1.22 bits per heavy atom. The second kappa shape index (κ2) is 4.98. The molecule has 2 aliphatic rings. The maximum atomic E-state index is 13.1. The van der Waals surface area contributed by atoms with Crippen molar-refractivity contribution in [1.82, 2.24) is 0 Å². The van der Waals surface area contributed by atoms with Crippen molar-refractivity contribution in [3.63, 3.8) is 0 Å². The van der Waals surface area contributed by atoms with E-state index in [1.54, 1.807) is 20.7 Å². The van der Waals surface area contributed by atoms with Gasteiger partial charge in [0.2, 0.25) is 5.91 Å². The van der Waals surface area contributed by atoms with Gasteiger partial charge in [-0.25, -0.2) is 0 Å². The summed E-state index contributed by atoms with van der Waals surface area (Å²) in [6.45, 7) is 8.55. The molecule has 0 N–H and O–H groups in total. The number of fused-ring (bicyclic) bond motifs is 3. The Bertz CT molecular complexity index is 886. The van der Waals surface area contributed by atoms with Crippen LogP contribution in [0.25, 0.3) is 11.1 Å². The molecule has 4 rings (SSSR count). The molecule has 1 aromatic heterocycles. The van der Waals surface area contributed by atoms with Crippen molar-refractivity contribution < 1.29 is 4.79 Å². The predicted octanol–water partition coefficient (Wildman–Crippen LogP) is 5.81. The van der Waals surface area contributed by atoms with Crippen LogP contribution in [0.15, 0.2) is 12.1 Å². The first kappa shape index (κ1) is 15.5. The second-order valence-electron chi connectivity index (χ2n) is 7.12. The number of carbonyl (C=O) groups is 1. The van der Waals surface area contributed by atoms with Crippen LogP contribution < -0.4 is 4.90 Å². The Kier molecular flexibility index (Phi) is 3.35. The van der Waals surface area contributed by atoms with Gasteiger partial charge in [0, 0.05) is 17.0 Å². The Labute approximate surface area is 149 Å². The van der Waals surface area contributed by atoms with Crippen LogP contribution in [0.1, 0.15) is 42.7 Å². The number of rotatable bonds is 1. The van der Waals surface area contributed by atoms with Crippen LogP contribution >= 0.6 is 32.9 Å². The van der Waals surface area contributed by atoms with E-state index in [4.69, 9.17) is 12.2 Å². The van der Waals surface area contributed by atoms with Gasteiger partial charge in [0.05, 0.1) is 16.1 Å². The fraction of sp³-hybridized carbons (Fsp3) is 0.444. The lowest BCUT2D eigenvalue weighted by Crippen LogP contribution is -2.48. The van der Waals surface area contributed by atoms with Gasteiger partial charge in [-0.3, -0.25) is 4.79 Å². The summed E-state index contributed by atoms with van der Waals surface area (Å²) in [5.74, 6) is 0.478. The lowest BCUT2D eigenvalue weighted by atomic mass is 9.85. The molecule has 5 heteroatoms. The molecule has 0 radical (unpaired) electrons. The number of aryl methyl sites for hydroxylation is 2. The van der Waals surface area contributed by atoms with E-state index < -0.39 is 0 Å². The van der Waals surface area contributed by atoms with Gasteiger partial charge in [-0.2, -0.15) is 0 Å². The monoisotopic (exact) mass is 361 g/mol. The van der Waals surface area contributed by atoms with Crippen molar-refractivity contribution in [3.8, 4) is 11.1 Å². The van der Waals surface area contributed by atoms with E-state index in [1.807, 2.05) is 4.90 Å². The molecule has 0 bridgehead atoms. The number of carbonyl (C=O) groups excluding carboxylic acids is 1. The minimum absolute atomic E-state index is 0.205. The third-order valence-electron chi connectivity index (χ3n) is 5.02. The van der Waals surface area contributed by atoms with E-state index in [9.17, 15) is 4.79 Å². The molecule has 0 spiro atoms. The first-order valence-electron chi connectivity index (χ1n) is 7.91. The van der Waals surface area contributed by atoms with E-state index in [0.29, 0.717) is 0 Å². The highest BCUT2D eigenvalue weighted by Crippen LogP contribution is 2.53. The maximum Gasteiger partial charge on any atom is 0.230 e. The molecule has 2 heterocycles. The Balaban J connectivity index is 2.05. The summed E-state index contributed by atoms with van der Waals surface area (Å²) in [4.78, 5) is 16.3. The SMILES string of the molecule is Cc1cc2c(cc1C)N(C(=O)C1CC1)C(C)(C)c1ssc(=S)c1-2. The number of anilines is 1. The number of hydrogen-bond acceptors (Lipinski definition) is 4. The normalized spacial score (nSPS) is 18.5. The Morgan fingerprint density at radius 2 is 1.87 bits per heavy atom. The number of benzene rings is 1. The van der Waals surface area contributed by atoms with Gasteiger partial charge in [-0.05, 0) is 63.8 Å². The first-order chi connectivity index (χ1) is 10.8. The smallest absolute Gasteiger partial charge is 0.230 e. The molecule has 2 aromatic rings. The summed E-state index contributed by atoms with van der Waals surface area (Å²) in [5, 5.41) is 0. The minimum atomic E-state index is -0.331. The molecule has 0 saturated heterocycles. The van der Waals surface area contributed by atoms with Crippen LogP contribution in [0.2, 0.25) is 0 Å². The van der Waals surface area contributed by atoms with Gasteiger partial charge in [0.15, 0.2) is 0 Å². The quantitative estimate of drug-likeness (QED) is 0.471. The minimum Gasteiger partial charge on any atom is -0.301 e. The highest BCUT2D eigenvalue weighted by molar-refractivity contribution is 7.80. The Hall–Kier alpha value is -1.04. The zero-order chi connectivity index (χ0) is 16.5. The van der Waals surface area contributed by atoms with E-state index >= 15 is 0 Å². The third kappa shape index (κ3) is 2.17. The molecule has 120 valence electrons. The van der Waals surface area contributed by atoms with Crippen molar-refractivity contribution in [1.29, 1.82) is 0 Å². The molecule has 1 aromatic carbocycles. The van der Waals surface area contributed by atoms with Crippen LogP contribution in [0, 0.1) is 23.6 Å². The third-order valence-corrected chi connectivity index (χ3v) is 8.35. The molecule has 1 saturated carbocycles. The van der Waals surface area contributed by atoms with Crippen LogP contribution in [-0.4, -0.2) is 5.91 Å². The van der Waals surface area contributed by atoms with Crippen LogP contribution in [0.3, 0.4) is 0 Å². The van der Waals surface area contributed by atoms with E-state index in [-0.39, 0.29) is 17.4 Å². The molecule has 0 atom stereocenters. The molecule has 1 amide bonds. The number of hydrogen-bond donors (Lipinski definition) is 0.